The Hall–Kier alpha value is 2.52. The van der Waals surface area contributed by atoms with Crippen molar-refractivity contribution in [3.8, 4) is 0 Å². The van der Waals surface area contributed by atoms with Gasteiger partial charge in [-0.2, -0.15) is 4.98 Å². The molecular formula is C11H14N3Na4O14P3. The zero-order chi connectivity index (χ0) is 23.6. The number of nitrogens with zero attached hydrogens (tertiary/aromatic N) is 2. The molecule has 2 N–H and O–H groups in total. The van der Waals surface area contributed by atoms with E-state index in [0.717, 1.165) is 11.5 Å². The summed E-state index contributed by atoms with van der Waals surface area (Å²) in [6, 6.07) is 1.27. The van der Waals surface area contributed by atoms with Gasteiger partial charge in [0.15, 0.2) is 0 Å². The number of rotatable bonds is 9. The number of nitrogen functional groups attached to an aromatic ring is 1. The summed E-state index contributed by atoms with van der Waals surface area (Å²) >= 11 is 0. The molecule has 2 unspecified atom stereocenters. The number of nitrogens with two attached hydrogens (primary N) is 1. The van der Waals surface area contributed by atoms with E-state index in [-0.39, 0.29) is 130 Å². The topological polar surface area (TPSA) is 268 Å². The maximum absolute atomic E-state index is 11.9. The van der Waals surface area contributed by atoms with E-state index in [1.807, 2.05) is 0 Å². The van der Waals surface area contributed by atoms with Crippen molar-refractivity contribution in [2.75, 3.05) is 12.3 Å². The van der Waals surface area contributed by atoms with Gasteiger partial charge in [0.1, 0.15) is 24.3 Å². The Kier molecular flexibility index (Phi) is 20.8. The molecule has 2 heterocycles. The maximum atomic E-state index is 11.9. The number of phosphoric ester groups is 1. The monoisotopic (exact) mass is 597 g/mol. The van der Waals surface area contributed by atoms with E-state index in [2.05, 4.69) is 18.1 Å². The van der Waals surface area contributed by atoms with Gasteiger partial charge in [-0.15, -0.1) is 0 Å². The molecule has 1 aliphatic heterocycles. The quantitative estimate of drug-likeness (QED) is 0.157. The second-order valence-electron chi connectivity index (χ2n) is 5.86. The van der Waals surface area contributed by atoms with Crippen LogP contribution >= 0.6 is 23.5 Å². The summed E-state index contributed by atoms with van der Waals surface area (Å²) in [5.74, 6) is -0.868. The second kappa shape index (κ2) is 17.4. The van der Waals surface area contributed by atoms with Crippen molar-refractivity contribution in [2.45, 2.75) is 31.8 Å². The fourth-order valence-corrected chi connectivity index (χ4v) is 5.32. The molecule has 0 spiro atoms. The first-order valence-electron chi connectivity index (χ1n) is 7.96. The third-order valence-corrected chi connectivity index (χ3v) is 7.12. The van der Waals surface area contributed by atoms with Crippen molar-refractivity contribution in [1.82, 2.24) is 9.55 Å². The van der Waals surface area contributed by atoms with Crippen molar-refractivity contribution < 1.29 is 179 Å². The predicted octanol–water partition coefficient (Wildman–Crippen LogP) is -15.1. The number of hydrogen-bond donors (Lipinski definition) is 1. The minimum atomic E-state index is -6.14. The maximum Gasteiger partial charge on any atom is 1.00 e. The molecule has 1 saturated heterocycles. The second-order valence-corrected chi connectivity index (χ2v) is 10.1. The first kappa shape index (κ1) is 42.0. The predicted molar refractivity (Wildman–Crippen MR) is 87.9 cm³/mol. The summed E-state index contributed by atoms with van der Waals surface area (Å²) in [6.07, 6.45) is -2.51. The van der Waals surface area contributed by atoms with E-state index in [1.54, 1.807) is 0 Å². The number of carbonyl (C=O) groups excluding carboxylic acids is 1. The summed E-state index contributed by atoms with van der Waals surface area (Å²) in [7, 11) is -18.1. The van der Waals surface area contributed by atoms with Crippen LogP contribution in [0.1, 0.15) is 19.6 Å². The first-order chi connectivity index (χ1) is 14.1. The van der Waals surface area contributed by atoms with Gasteiger partial charge in [-0.1, -0.05) is 0 Å². The Morgan fingerprint density at radius 1 is 1.14 bits per heavy atom. The number of carbonyl (C=O) groups is 1. The summed E-state index contributed by atoms with van der Waals surface area (Å²) in [5, 5.41) is 0. The minimum Gasteiger partial charge on any atom is -0.790 e. The van der Waals surface area contributed by atoms with Crippen molar-refractivity contribution in [3.05, 3.63) is 22.7 Å². The van der Waals surface area contributed by atoms with Crippen LogP contribution in [-0.4, -0.2) is 34.3 Å². The molecule has 0 amide bonds. The molecule has 0 saturated carbocycles. The van der Waals surface area contributed by atoms with Gasteiger partial charge in [0, 0.05) is 19.5 Å². The van der Waals surface area contributed by atoms with Gasteiger partial charge >= 0.3 is 130 Å². The van der Waals surface area contributed by atoms with Crippen LogP contribution in [0.5, 0.6) is 0 Å². The summed E-state index contributed by atoms with van der Waals surface area (Å²) in [5.41, 5.74) is 4.56. The molecule has 2 rings (SSSR count). The normalized spacial score (nSPS) is 22.6. The molecule has 0 bridgehead atoms. The van der Waals surface area contributed by atoms with E-state index >= 15 is 0 Å². The van der Waals surface area contributed by atoms with E-state index < -0.39 is 60.2 Å². The molecular weight excluding hydrogens is 583 g/mol. The molecule has 1 aromatic heterocycles. The van der Waals surface area contributed by atoms with E-state index in [1.165, 1.54) is 12.3 Å². The van der Waals surface area contributed by atoms with Crippen molar-refractivity contribution >= 4 is 35.3 Å². The van der Waals surface area contributed by atoms with Crippen molar-refractivity contribution in [2.24, 2.45) is 0 Å². The molecule has 35 heavy (non-hydrogen) atoms. The van der Waals surface area contributed by atoms with Gasteiger partial charge in [0.05, 0.1) is 14.4 Å². The Morgan fingerprint density at radius 2 is 1.71 bits per heavy atom. The zero-order valence-corrected chi connectivity index (χ0v) is 30.0. The molecule has 1 aliphatic rings. The Morgan fingerprint density at radius 3 is 2.20 bits per heavy atom. The van der Waals surface area contributed by atoms with Crippen molar-refractivity contribution in [1.29, 1.82) is 0 Å². The standard InChI is InChI=1S/C11H18N3O14P3.4Na/c1-6(15)25-7-4-10(14-3-2-9(12)13-11(14)16)26-8(7)5-24-30(20,21)28-31(22,23)27-29(17,18)19;;;;/h2-3,7-8,10H,4-5H2,1H3,(H,20,21)(H,22,23)(H2,12,13,16)(H2,17,18,19);;;;/q;4*+1/p-4/t7-,8+,10+;;;;/m0..../s1. The average Bonchev–Trinajstić information content (AvgIpc) is 2.91. The largest absolute Gasteiger partial charge is 1.00 e. The molecule has 0 aliphatic carbocycles. The third kappa shape index (κ3) is 15.2. The van der Waals surface area contributed by atoms with E-state index in [4.69, 9.17) is 15.2 Å². The van der Waals surface area contributed by atoms with Gasteiger partial charge in [0.25, 0.3) is 15.6 Å². The van der Waals surface area contributed by atoms with E-state index in [9.17, 15) is 42.9 Å². The van der Waals surface area contributed by atoms with Crippen LogP contribution in [0.4, 0.5) is 5.82 Å². The van der Waals surface area contributed by atoms with Crippen LogP contribution in [0.25, 0.3) is 0 Å². The van der Waals surface area contributed by atoms with Crippen LogP contribution in [-0.2, 0) is 41.1 Å². The van der Waals surface area contributed by atoms with Crippen LogP contribution in [0.3, 0.4) is 0 Å². The number of phosphoric acid groups is 3. The van der Waals surface area contributed by atoms with Gasteiger partial charge < -0.3 is 43.9 Å². The van der Waals surface area contributed by atoms with Crippen molar-refractivity contribution in [3.63, 3.8) is 0 Å². The summed E-state index contributed by atoms with van der Waals surface area (Å²) in [6.45, 7) is 0.0533. The molecule has 0 aromatic carbocycles. The Labute approximate surface area is 286 Å². The van der Waals surface area contributed by atoms with Crippen LogP contribution in [0.15, 0.2) is 17.1 Å². The van der Waals surface area contributed by atoms with Crippen LogP contribution in [0, 0.1) is 0 Å². The van der Waals surface area contributed by atoms with Gasteiger partial charge in [-0.05, 0) is 6.07 Å². The third-order valence-electron chi connectivity index (χ3n) is 3.46. The fraction of sp³-hybridized carbons (Fsp3) is 0.545. The number of esters is 1. The number of hydrogen-bond acceptors (Lipinski definition) is 16. The first-order valence-corrected chi connectivity index (χ1v) is 12.3. The number of aromatic nitrogens is 2. The summed E-state index contributed by atoms with van der Waals surface area (Å²) in [4.78, 5) is 70.2. The van der Waals surface area contributed by atoms with Crippen LogP contribution < -0.4 is 149 Å². The average molecular weight is 597 g/mol. The molecule has 17 nitrogen and oxygen atoms in total. The molecule has 1 fully saturated rings. The Bertz CT molecular complexity index is 1040. The van der Waals surface area contributed by atoms with Crippen LogP contribution in [0.2, 0.25) is 0 Å². The molecule has 1 aromatic rings. The molecule has 5 atom stereocenters. The SMILES string of the molecule is CC(=O)O[C@H]1C[C@H](n2ccc(N)nc2=O)O[C@@H]1COP(=O)([O-])OP(=O)([O-])OP(=O)([O-])[O-].[Na+].[Na+].[Na+].[Na+]. The van der Waals surface area contributed by atoms with E-state index in [0.29, 0.717) is 0 Å². The van der Waals surface area contributed by atoms with Gasteiger partial charge in [-0.3, -0.25) is 22.8 Å². The number of anilines is 1. The van der Waals surface area contributed by atoms with Gasteiger partial charge in [0.2, 0.25) is 0 Å². The molecule has 176 valence electrons. The molecule has 0 radical (unpaired) electrons. The number of ether oxygens (including phenoxy) is 2. The molecule has 24 heteroatoms. The minimum absolute atomic E-state index is 0. The summed E-state index contributed by atoms with van der Waals surface area (Å²) < 4.78 is 55.3. The Balaban J connectivity index is -0.00000256. The smallest absolute Gasteiger partial charge is 0.790 e. The van der Waals surface area contributed by atoms with Gasteiger partial charge in [-0.25, -0.2) is 9.11 Å². The zero-order valence-electron chi connectivity index (χ0n) is 19.3. The fourth-order valence-electron chi connectivity index (χ4n) is 2.45.